The van der Waals surface area contributed by atoms with Crippen molar-refractivity contribution in [2.75, 3.05) is 0 Å². The summed E-state index contributed by atoms with van der Waals surface area (Å²) in [4.78, 5) is 4.62. The number of aromatic nitrogens is 1. The Hall–Kier alpha value is -2.67. The highest BCUT2D eigenvalue weighted by molar-refractivity contribution is 7.21. The third-order valence-electron chi connectivity index (χ3n) is 4.59. The molecule has 0 bridgehead atoms. The molecule has 5 nitrogen and oxygen atoms in total. The van der Waals surface area contributed by atoms with E-state index in [2.05, 4.69) is 11.1 Å². The summed E-state index contributed by atoms with van der Waals surface area (Å²) in [5.41, 5.74) is 1.76. The Morgan fingerprint density at radius 2 is 1.85 bits per heavy atom. The van der Waals surface area contributed by atoms with Crippen molar-refractivity contribution in [3.8, 4) is 16.5 Å². The van der Waals surface area contributed by atoms with E-state index < -0.39 is 6.10 Å². The SMILES string of the molecule is C[C@@H]([NH2+]Cc1ccc(-c2nc3ccccc3s2)o1)[C@H](O)c1ccc(O)cc1. The maximum Gasteiger partial charge on any atom is 0.163 e. The summed E-state index contributed by atoms with van der Waals surface area (Å²) < 4.78 is 7.09. The van der Waals surface area contributed by atoms with E-state index >= 15 is 0 Å². The molecule has 0 radical (unpaired) electrons. The number of nitrogens with zero attached hydrogens (tertiary/aromatic N) is 1. The van der Waals surface area contributed by atoms with Gasteiger partial charge in [0.25, 0.3) is 0 Å². The lowest BCUT2D eigenvalue weighted by molar-refractivity contribution is -0.710. The number of benzene rings is 2. The van der Waals surface area contributed by atoms with Crippen LogP contribution in [-0.2, 0) is 6.54 Å². The first-order chi connectivity index (χ1) is 13.1. The van der Waals surface area contributed by atoms with Gasteiger partial charge in [-0.25, -0.2) is 4.98 Å². The van der Waals surface area contributed by atoms with E-state index in [4.69, 9.17) is 4.42 Å². The molecule has 4 rings (SSSR count). The molecule has 6 heteroatoms. The molecule has 2 atom stereocenters. The Balaban J connectivity index is 1.41. The van der Waals surface area contributed by atoms with Crippen molar-refractivity contribution in [1.29, 1.82) is 0 Å². The number of hydrogen-bond donors (Lipinski definition) is 3. The third-order valence-corrected chi connectivity index (χ3v) is 5.64. The van der Waals surface area contributed by atoms with Gasteiger partial charge in [0.15, 0.2) is 16.5 Å². The van der Waals surface area contributed by atoms with Crippen LogP contribution in [0.5, 0.6) is 5.75 Å². The molecule has 0 aliphatic heterocycles. The number of fused-ring (bicyclic) bond motifs is 1. The fraction of sp³-hybridized carbons (Fsp3) is 0.190. The molecule has 138 valence electrons. The maximum atomic E-state index is 10.5. The van der Waals surface area contributed by atoms with E-state index in [-0.39, 0.29) is 11.8 Å². The number of aliphatic hydroxyl groups is 1. The molecule has 27 heavy (non-hydrogen) atoms. The van der Waals surface area contributed by atoms with Crippen LogP contribution in [-0.4, -0.2) is 21.2 Å². The normalized spacial score (nSPS) is 13.7. The number of hydrogen-bond acceptors (Lipinski definition) is 5. The van der Waals surface area contributed by atoms with Crippen LogP contribution in [0.2, 0.25) is 0 Å². The van der Waals surface area contributed by atoms with Gasteiger partial charge < -0.3 is 19.9 Å². The number of phenolic OH excluding ortho intramolecular Hbond substituents is 1. The molecule has 4 N–H and O–H groups in total. The van der Waals surface area contributed by atoms with Gasteiger partial charge in [0.05, 0.1) is 10.2 Å². The second-order valence-corrected chi connectivity index (χ2v) is 7.62. The predicted molar refractivity (Wildman–Crippen MR) is 105 cm³/mol. The number of thiazole rings is 1. The molecule has 0 saturated heterocycles. The highest BCUT2D eigenvalue weighted by Gasteiger charge is 2.20. The summed E-state index contributed by atoms with van der Waals surface area (Å²) >= 11 is 1.62. The van der Waals surface area contributed by atoms with Gasteiger partial charge in [-0.15, -0.1) is 11.3 Å². The molecule has 2 heterocycles. The molecule has 4 aromatic rings. The zero-order valence-electron chi connectivity index (χ0n) is 14.9. The number of aromatic hydroxyl groups is 1. The van der Waals surface area contributed by atoms with E-state index in [0.717, 1.165) is 32.3 Å². The number of para-hydroxylation sites is 1. The van der Waals surface area contributed by atoms with Gasteiger partial charge in [0, 0.05) is 0 Å². The Bertz CT molecular complexity index is 1010. The number of aliphatic hydroxyl groups excluding tert-OH is 1. The van der Waals surface area contributed by atoms with Gasteiger partial charge in [-0.2, -0.15) is 0 Å². The predicted octanol–water partition coefficient (Wildman–Crippen LogP) is 3.45. The molecule has 0 amide bonds. The topological polar surface area (TPSA) is 83.1 Å². The molecule has 2 aromatic heterocycles. The van der Waals surface area contributed by atoms with Gasteiger partial charge in [-0.3, -0.25) is 0 Å². The lowest BCUT2D eigenvalue weighted by Gasteiger charge is -2.17. The fourth-order valence-electron chi connectivity index (χ4n) is 2.99. The number of furan rings is 1. The standard InChI is InChI=1S/C21H20N2O3S/c1-13(20(25)14-6-8-15(24)9-7-14)22-12-16-10-11-18(26-16)21-23-17-4-2-3-5-19(17)27-21/h2-11,13,20,22,24-25H,12H2,1H3/p+1/t13-,20+/m1/s1. The van der Waals surface area contributed by atoms with Crippen LogP contribution in [0.1, 0.15) is 24.4 Å². The van der Waals surface area contributed by atoms with Gasteiger partial charge in [0.2, 0.25) is 0 Å². The monoisotopic (exact) mass is 381 g/mol. The molecule has 0 spiro atoms. The lowest BCUT2D eigenvalue weighted by Crippen LogP contribution is -2.88. The van der Waals surface area contributed by atoms with Crippen LogP contribution in [0, 0.1) is 0 Å². The largest absolute Gasteiger partial charge is 0.508 e. The first kappa shape index (κ1) is 17.7. The van der Waals surface area contributed by atoms with Crippen molar-refractivity contribution in [3.63, 3.8) is 0 Å². The van der Waals surface area contributed by atoms with Crippen molar-refractivity contribution < 1.29 is 19.9 Å². The van der Waals surface area contributed by atoms with Crippen molar-refractivity contribution >= 4 is 21.6 Å². The Labute approximate surface area is 160 Å². The lowest BCUT2D eigenvalue weighted by atomic mass is 10.0. The number of rotatable bonds is 6. The van der Waals surface area contributed by atoms with E-state index in [1.165, 1.54) is 0 Å². The van der Waals surface area contributed by atoms with Crippen LogP contribution in [0.15, 0.2) is 65.1 Å². The van der Waals surface area contributed by atoms with Crippen LogP contribution in [0.25, 0.3) is 21.0 Å². The average Bonchev–Trinajstić information content (AvgIpc) is 3.32. The van der Waals surface area contributed by atoms with E-state index in [9.17, 15) is 10.2 Å². The summed E-state index contributed by atoms with van der Waals surface area (Å²) in [6, 6.07) is 18.5. The van der Waals surface area contributed by atoms with Crippen molar-refractivity contribution in [2.45, 2.75) is 25.6 Å². The van der Waals surface area contributed by atoms with E-state index in [0.29, 0.717) is 6.54 Å². The molecule has 0 saturated carbocycles. The number of quaternary nitrogens is 1. The highest BCUT2D eigenvalue weighted by atomic mass is 32.1. The molecule has 2 aromatic carbocycles. The second kappa shape index (κ2) is 7.52. The zero-order valence-corrected chi connectivity index (χ0v) is 15.7. The summed E-state index contributed by atoms with van der Waals surface area (Å²) in [6.45, 7) is 2.59. The highest BCUT2D eigenvalue weighted by Crippen LogP contribution is 2.31. The molecule has 0 fully saturated rings. The summed E-state index contributed by atoms with van der Waals surface area (Å²) in [7, 11) is 0. The van der Waals surface area contributed by atoms with Crippen LogP contribution in [0.3, 0.4) is 0 Å². The first-order valence-corrected chi connectivity index (χ1v) is 9.67. The van der Waals surface area contributed by atoms with Crippen LogP contribution >= 0.6 is 11.3 Å². The third kappa shape index (κ3) is 3.88. The summed E-state index contributed by atoms with van der Waals surface area (Å²) in [5, 5.41) is 22.8. The minimum atomic E-state index is -0.621. The number of phenols is 1. The molecular formula is C21H21N2O3S+. The van der Waals surface area contributed by atoms with Crippen molar-refractivity contribution in [2.24, 2.45) is 0 Å². The van der Waals surface area contributed by atoms with Gasteiger partial charge in [0.1, 0.15) is 24.4 Å². The fourth-order valence-corrected chi connectivity index (χ4v) is 3.91. The Kier molecular flexibility index (Phi) is 4.94. The van der Waals surface area contributed by atoms with Gasteiger partial charge in [-0.05, 0) is 48.9 Å². The van der Waals surface area contributed by atoms with Crippen LogP contribution < -0.4 is 5.32 Å². The summed E-state index contributed by atoms with van der Waals surface area (Å²) in [6.07, 6.45) is -0.621. The van der Waals surface area contributed by atoms with E-state index in [1.54, 1.807) is 35.6 Å². The minimum Gasteiger partial charge on any atom is -0.508 e. The van der Waals surface area contributed by atoms with Crippen molar-refractivity contribution in [3.05, 3.63) is 72.0 Å². The second-order valence-electron chi connectivity index (χ2n) is 6.59. The van der Waals surface area contributed by atoms with Crippen LogP contribution in [0.4, 0.5) is 0 Å². The van der Waals surface area contributed by atoms with Crippen molar-refractivity contribution in [1.82, 2.24) is 4.98 Å². The number of nitrogens with two attached hydrogens (primary N) is 1. The molecule has 0 aliphatic rings. The van der Waals surface area contributed by atoms with Gasteiger partial charge in [-0.1, -0.05) is 24.3 Å². The average molecular weight is 381 g/mol. The minimum absolute atomic E-state index is 0.0504. The quantitative estimate of drug-likeness (QED) is 0.478. The van der Waals surface area contributed by atoms with Gasteiger partial charge >= 0.3 is 0 Å². The smallest absolute Gasteiger partial charge is 0.163 e. The first-order valence-electron chi connectivity index (χ1n) is 8.85. The Morgan fingerprint density at radius 1 is 1.07 bits per heavy atom. The molecule has 0 aliphatic carbocycles. The summed E-state index contributed by atoms with van der Waals surface area (Å²) in [5.74, 6) is 1.81. The molecule has 0 unspecified atom stereocenters. The van der Waals surface area contributed by atoms with E-state index in [1.807, 2.05) is 42.6 Å². The molecular weight excluding hydrogens is 360 g/mol. The Morgan fingerprint density at radius 3 is 2.63 bits per heavy atom. The zero-order chi connectivity index (χ0) is 18.8. The maximum absolute atomic E-state index is 10.5.